The standard InChI is InChI=1S/C14H22N4O3/c1-9(2)15-5-3-4-13(19)18-7-11-10(16-8-17-11)6-12(18)14(20)21/h8-9,12,15H,3-7H2,1-2H3,(H,16,17)(H,20,21). The molecular formula is C14H22N4O3. The number of hydrogen-bond acceptors (Lipinski definition) is 4. The summed E-state index contributed by atoms with van der Waals surface area (Å²) in [7, 11) is 0. The molecule has 0 saturated heterocycles. The van der Waals surface area contributed by atoms with Gasteiger partial charge < -0.3 is 20.3 Å². The van der Waals surface area contributed by atoms with E-state index in [4.69, 9.17) is 0 Å². The van der Waals surface area contributed by atoms with Crippen LogP contribution in [0.3, 0.4) is 0 Å². The highest BCUT2D eigenvalue weighted by Gasteiger charge is 2.35. The van der Waals surface area contributed by atoms with E-state index in [1.165, 1.54) is 4.90 Å². The van der Waals surface area contributed by atoms with Crippen molar-refractivity contribution in [3.63, 3.8) is 0 Å². The number of carbonyl (C=O) groups is 2. The average molecular weight is 294 g/mol. The molecule has 0 aliphatic carbocycles. The first-order valence-corrected chi connectivity index (χ1v) is 7.25. The van der Waals surface area contributed by atoms with Crippen molar-refractivity contribution >= 4 is 11.9 Å². The maximum Gasteiger partial charge on any atom is 0.326 e. The van der Waals surface area contributed by atoms with Crippen LogP contribution in [0.4, 0.5) is 0 Å². The number of fused-ring (bicyclic) bond motifs is 1. The lowest BCUT2D eigenvalue weighted by Gasteiger charge is -2.32. The number of nitrogens with zero attached hydrogens (tertiary/aromatic N) is 2. The Balaban J connectivity index is 1.96. The van der Waals surface area contributed by atoms with Crippen LogP contribution in [-0.4, -0.2) is 50.5 Å². The monoisotopic (exact) mass is 294 g/mol. The molecule has 1 aromatic rings. The zero-order chi connectivity index (χ0) is 15.4. The summed E-state index contributed by atoms with van der Waals surface area (Å²) in [4.78, 5) is 32.2. The van der Waals surface area contributed by atoms with Crippen LogP contribution in [0.25, 0.3) is 0 Å². The van der Waals surface area contributed by atoms with Crippen LogP contribution in [0.5, 0.6) is 0 Å². The maximum absolute atomic E-state index is 12.3. The van der Waals surface area contributed by atoms with Crippen molar-refractivity contribution in [3.8, 4) is 0 Å². The molecule has 1 atom stereocenters. The summed E-state index contributed by atoms with van der Waals surface area (Å²) >= 11 is 0. The SMILES string of the molecule is CC(C)NCCCC(=O)N1Cc2[nH]cnc2CC1C(=O)O. The maximum atomic E-state index is 12.3. The van der Waals surface area contributed by atoms with Crippen LogP contribution >= 0.6 is 0 Å². The fraction of sp³-hybridized carbons (Fsp3) is 0.643. The number of aliphatic carboxylic acids is 1. The van der Waals surface area contributed by atoms with Gasteiger partial charge in [-0.15, -0.1) is 0 Å². The van der Waals surface area contributed by atoms with Gasteiger partial charge in [0.05, 0.1) is 24.3 Å². The Morgan fingerprint density at radius 2 is 2.33 bits per heavy atom. The number of nitrogens with one attached hydrogen (secondary N) is 2. The minimum Gasteiger partial charge on any atom is -0.480 e. The van der Waals surface area contributed by atoms with Gasteiger partial charge in [-0.1, -0.05) is 13.8 Å². The molecule has 1 amide bonds. The molecule has 7 nitrogen and oxygen atoms in total. The third kappa shape index (κ3) is 3.81. The van der Waals surface area contributed by atoms with Crippen molar-refractivity contribution in [3.05, 3.63) is 17.7 Å². The summed E-state index contributed by atoms with van der Waals surface area (Å²) in [5.41, 5.74) is 1.58. The Morgan fingerprint density at radius 3 is 3.00 bits per heavy atom. The highest BCUT2D eigenvalue weighted by Crippen LogP contribution is 2.21. The lowest BCUT2D eigenvalue weighted by atomic mass is 10.0. The molecule has 1 aliphatic rings. The number of imidazole rings is 1. The summed E-state index contributed by atoms with van der Waals surface area (Å²) < 4.78 is 0. The molecule has 0 radical (unpaired) electrons. The zero-order valence-corrected chi connectivity index (χ0v) is 12.4. The molecule has 21 heavy (non-hydrogen) atoms. The summed E-state index contributed by atoms with van der Waals surface area (Å²) in [5, 5.41) is 12.6. The van der Waals surface area contributed by atoms with E-state index in [0.29, 0.717) is 25.4 Å². The van der Waals surface area contributed by atoms with Crippen molar-refractivity contribution in [2.75, 3.05) is 6.54 Å². The topological polar surface area (TPSA) is 98.3 Å². The molecule has 0 aromatic carbocycles. The average Bonchev–Trinajstić information content (AvgIpc) is 2.88. The van der Waals surface area contributed by atoms with E-state index in [9.17, 15) is 14.7 Å². The molecule has 2 rings (SSSR count). The number of carboxylic acid groups (broad SMARTS) is 1. The highest BCUT2D eigenvalue weighted by molar-refractivity contribution is 5.84. The van der Waals surface area contributed by atoms with Gasteiger partial charge in [0, 0.05) is 18.9 Å². The molecule has 0 fully saturated rings. The lowest BCUT2D eigenvalue weighted by Crippen LogP contribution is -2.48. The molecule has 2 heterocycles. The highest BCUT2D eigenvalue weighted by atomic mass is 16.4. The molecule has 1 aromatic heterocycles. The molecule has 1 aliphatic heterocycles. The number of hydrogen-bond donors (Lipinski definition) is 3. The van der Waals surface area contributed by atoms with Crippen molar-refractivity contribution in [2.45, 2.75) is 51.7 Å². The third-order valence-corrected chi connectivity index (χ3v) is 3.62. The van der Waals surface area contributed by atoms with Gasteiger partial charge in [-0.25, -0.2) is 9.78 Å². The van der Waals surface area contributed by atoms with Gasteiger partial charge in [-0.3, -0.25) is 4.79 Å². The first kappa shape index (κ1) is 15.5. The summed E-state index contributed by atoms with van der Waals surface area (Å²) in [6.45, 7) is 5.15. The second-order valence-corrected chi connectivity index (χ2v) is 5.62. The van der Waals surface area contributed by atoms with Gasteiger partial charge in [0.1, 0.15) is 6.04 Å². The van der Waals surface area contributed by atoms with Crippen LogP contribution in [0.15, 0.2) is 6.33 Å². The molecule has 3 N–H and O–H groups in total. The van der Waals surface area contributed by atoms with Crippen LogP contribution in [-0.2, 0) is 22.6 Å². The summed E-state index contributed by atoms with van der Waals surface area (Å²) in [6, 6.07) is -0.430. The smallest absolute Gasteiger partial charge is 0.326 e. The number of carbonyl (C=O) groups excluding carboxylic acids is 1. The molecule has 116 valence electrons. The van der Waals surface area contributed by atoms with Gasteiger partial charge in [0.2, 0.25) is 5.91 Å². The number of carboxylic acids is 1. The molecule has 1 unspecified atom stereocenters. The fourth-order valence-corrected chi connectivity index (χ4v) is 2.49. The number of aromatic nitrogens is 2. The Labute approximate surface area is 123 Å². The Hall–Kier alpha value is -1.89. The van der Waals surface area contributed by atoms with Crippen molar-refractivity contribution in [1.29, 1.82) is 0 Å². The quantitative estimate of drug-likeness (QED) is 0.665. The van der Waals surface area contributed by atoms with Crippen LogP contribution in [0.1, 0.15) is 38.1 Å². The Bertz CT molecular complexity index is 512. The second kappa shape index (κ2) is 6.71. The lowest BCUT2D eigenvalue weighted by molar-refractivity contribution is -0.151. The first-order chi connectivity index (χ1) is 9.99. The summed E-state index contributed by atoms with van der Waals surface area (Å²) in [5.74, 6) is -1.09. The number of aromatic amines is 1. The van der Waals surface area contributed by atoms with Crippen molar-refractivity contribution in [2.24, 2.45) is 0 Å². The van der Waals surface area contributed by atoms with E-state index in [1.807, 2.05) is 13.8 Å². The predicted octanol–water partition coefficient (Wildman–Crippen LogP) is 0.526. The molecule has 0 spiro atoms. The minimum absolute atomic E-state index is 0.117. The van der Waals surface area contributed by atoms with Gasteiger partial charge in [0.15, 0.2) is 0 Å². The van der Waals surface area contributed by atoms with E-state index in [2.05, 4.69) is 15.3 Å². The molecule has 7 heteroatoms. The normalized spacial score (nSPS) is 17.9. The van der Waals surface area contributed by atoms with Crippen LogP contribution in [0, 0.1) is 0 Å². The predicted molar refractivity (Wildman–Crippen MR) is 76.6 cm³/mol. The van der Waals surface area contributed by atoms with Crippen molar-refractivity contribution < 1.29 is 14.7 Å². The van der Waals surface area contributed by atoms with E-state index in [-0.39, 0.29) is 12.3 Å². The van der Waals surface area contributed by atoms with E-state index in [1.54, 1.807) is 6.33 Å². The molecule has 0 saturated carbocycles. The number of amides is 1. The number of H-pyrrole nitrogens is 1. The van der Waals surface area contributed by atoms with Gasteiger partial charge in [-0.05, 0) is 13.0 Å². The van der Waals surface area contributed by atoms with Gasteiger partial charge in [-0.2, -0.15) is 0 Å². The van der Waals surface area contributed by atoms with Crippen LogP contribution in [0.2, 0.25) is 0 Å². The van der Waals surface area contributed by atoms with Crippen molar-refractivity contribution in [1.82, 2.24) is 20.2 Å². The van der Waals surface area contributed by atoms with Crippen LogP contribution < -0.4 is 5.32 Å². The van der Waals surface area contributed by atoms with E-state index >= 15 is 0 Å². The van der Waals surface area contributed by atoms with Gasteiger partial charge in [0.25, 0.3) is 0 Å². The third-order valence-electron chi connectivity index (χ3n) is 3.62. The van der Waals surface area contributed by atoms with Gasteiger partial charge >= 0.3 is 5.97 Å². The fourth-order valence-electron chi connectivity index (χ4n) is 2.49. The largest absolute Gasteiger partial charge is 0.480 e. The Morgan fingerprint density at radius 1 is 1.57 bits per heavy atom. The second-order valence-electron chi connectivity index (χ2n) is 5.62. The van der Waals surface area contributed by atoms with E-state index in [0.717, 1.165) is 17.9 Å². The first-order valence-electron chi connectivity index (χ1n) is 7.25. The molecular weight excluding hydrogens is 272 g/mol. The van der Waals surface area contributed by atoms with E-state index < -0.39 is 12.0 Å². The number of rotatable bonds is 6. The zero-order valence-electron chi connectivity index (χ0n) is 12.4. The minimum atomic E-state index is -0.975. The summed E-state index contributed by atoms with van der Waals surface area (Å²) in [6.07, 6.45) is 2.87. The Kier molecular flexibility index (Phi) is 4.95. The molecule has 0 bridgehead atoms.